The third-order valence-corrected chi connectivity index (χ3v) is 4.41. The topological polar surface area (TPSA) is 62.0 Å². The number of hydrogen-bond acceptors (Lipinski definition) is 2. The molecule has 1 heterocycles. The van der Waals surface area contributed by atoms with Crippen molar-refractivity contribution in [3.63, 3.8) is 0 Å². The van der Waals surface area contributed by atoms with Gasteiger partial charge in [0.15, 0.2) is 0 Å². The van der Waals surface area contributed by atoms with Gasteiger partial charge in [-0.15, -0.1) is 0 Å². The number of halogens is 2. The van der Waals surface area contributed by atoms with Crippen LogP contribution in [0.1, 0.15) is 0 Å². The zero-order valence-electron chi connectivity index (χ0n) is 10.6. The Labute approximate surface area is 119 Å². The molecule has 2 aromatic carbocycles. The monoisotopic (exact) mass is 308 g/mol. The van der Waals surface area contributed by atoms with Crippen molar-refractivity contribution in [2.75, 3.05) is 4.72 Å². The van der Waals surface area contributed by atoms with Gasteiger partial charge in [-0.1, -0.05) is 12.1 Å². The standard InChI is InChI=1S/C14H10F2N2O2S/c15-10-4-5-13(11(16)8-10)21(19,20)18-12-3-1-2-9-6-7-17-14(9)12/h1-8,17-18H. The number of nitrogens with one attached hydrogen (secondary N) is 2. The van der Waals surface area contributed by atoms with Gasteiger partial charge in [0.25, 0.3) is 10.0 Å². The molecule has 2 N–H and O–H groups in total. The van der Waals surface area contributed by atoms with E-state index in [1.165, 1.54) is 0 Å². The fourth-order valence-corrected chi connectivity index (χ4v) is 3.20. The number of fused-ring (bicyclic) bond motifs is 1. The van der Waals surface area contributed by atoms with E-state index < -0.39 is 26.6 Å². The molecule has 3 rings (SSSR count). The SMILES string of the molecule is O=S(=O)(Nc1cccc2cc[nH]c12)c1ccc(F)cc1F. The predicted octanol–water partition coefficient (Wildman–Crippen LogP) is 3.25. The summed E-state index contributed by atoms with van der Waals surface area (Å²) in [6.45, 7) is 0. The van der Waals surface area contributed by atoms with Crippen molar-refractivity contribution >= 4 is 26.6 Å². The molecule has 21 heavy (non-hydrogen) atoms. The summed E-state index contributed by atoms with van der Waals surface area (Å²) in [5.74, 6) is -1.97. The number of sulfonamides is 1. The third-order valence-electron chi connectivity index (χ3n) is 3.02. The Balaban J connectivity index is 2.05. The average molecular weight is 308 g/mol. The zero-order chi connectivity index (χ0) is 15.0. The Morgan fingerprint density at radius 3 is 2.62 bits per heavy atom. The van der Waals surface area contributed by atoms with Crippen LogP contribution in [0.3, 0.4) is 0 Å². The molecule has 0 aliphatic heterocycles. The van der Waals surface area contributed by atoms with Crippen molar-refractivity contribution in [2.45, 2.75) is 4.90 Å². The minimum atomic E-state index is -4.14. The van der Waals surface area contributed by atoms with Crippen LogP contribution in [0.15, 0.2) is 53.6 Å². The van der Waals surface area contributed by atoms with E-state index in [0.717, 1.165) is 17.5 Å². The molecule has 0 amide bonds. The summed E-state index contributed by atoms with van der Waals surface area (Å²) in [6, 6.07) is 9.14. The summed E-state index contributed by atoms with van der Waals surface area (Å²) in [6.07, 6.45) is 1.67. The van der Waals surface area contributed by atoms with Crippen LogP contribution in [0.4, 0.5) is 14.5 Å². The maximum absolute atomic E-state index is 13.6. The number of rotatable bonds is 3. The van der Waals surface area contributed by atoms with E-state index >= 15 is 0 Å². The van der Waals surface area contributed by atoms with Gasteiger partial charge in [-0.25, -0.2) is 17.2 Å². The maximum atomic E-state index is 13.6. The molecule has 0 spiro atoms. The van der Waals surface area contributed by atoms with Crippen molar-refractivity contribution in [1.29, 1.82) is 0 Å². The Kier molecular flexibility index (Phi) is 3.13. The quantitative estimate of drug-likeness (QED) is 0.780. The van der Waals surface area contributed by atoms with Gasteiger partial charge in [-0.05, 0) is 24.3 Å². The zero-order valence-corrected chi connectivity index (χ0v) is 11.4. The Morgan fingerprint density at radius 1 is 1.05 bits per heavy atom. The fourth-order valence-electron chi connectivity index (χ4n) is 2.06. The molecule has 0 bridgehead atoms. The van der Waals surface area contributed by atoms with Gasteiger partial charge in [-0.3, -0.25) is 4.72 Å². The second-order valence-electron chi connectivity index (χ2n) is 4.43. The van der Waals surface area contributed by atoms with E-state index in [1.807, 2.05) is 6.07 Å². The lowest BCUT2D eigenvalue weighted by Crippen LogP contribution is -2.15. The van der Waals surface area contributed by atoms with Crippen LogP contribution < -0.4 is 4.72 Å². The van der Waals surface area contributed by atoms with Gasteiger partial charge in [0.2, 0.25) is 0 Å². The molecule has 0 radical (unpaired) electrons. The number of aromatic nitrogens is 1. The first-order chi connectivity index (χ1) is 9.97. The minimum absolute atomic E-state index is 0.293. The molecule has 7 heteroatoms. The fraction of sp³-hybridized carbons (Fsp3) is 0. The summed E-state index contributed by atoms with van der Waals surface area (Å²) in [5.41, 5.74) is 0.879. The lowest BCUT2D eigenvalue weighted by atomic mass is 10.2. The van der Waals surface area contributed by atoms with E-state index in [1.54, 1.807) is 24.4 Å². The highest BCUT2D eigenvalue weighted by atomic mass is 32.2. The van der Waals surface area contributed by atoms with E-state index in [4.69, 9.17) is 0 Å². The van der Waals surface area contributed by atoms with E-state index in [-0.39, 0.29) is 0 Å². The van der Waals surface area contributed by atoms with E-state index in [0.29, 0.717) is 17.3 Å². The first kappa shape index (κ1) is 13.6. The van der Waals surface area contributed by atoms with Crippen LogP contribution in [0, 0.1) is 11.6 Å². The van der Waals surface area contributed by atoms with E-state index in [9.17, 15) is 17.2 Å². The molecule has 3 aromatic rings. The molecule has 0 aliphatic rings. The summed E-state index contributed by atoms with van der Waals surface area (Å²) >= 11 is 0. The molecular weight excluding hydrogens is 298 g/mol. The number of benzene rings is 2. The van der Waals surface area contributed by atoms with Crippen molar-refractivity contribution in [1.82, 2.24) is 4.98 Å². The smallest absolute Gasteiger partial charge is 0.264 e. The van der Waals surface area contributed by atoms with Crippen molar-refractivity contribution in [3.8, 4) is 0 Å². The van der Waals surface area contributed by atoms with Crippen molar-refractivity contribution in [3.05, 3.63) is 60.3 Å². The lowest BCUT2D eigenvalue weighted by molar-refractivity contribution is 0.551. The summed E-state index contributed by atoms with van der Waals surface area (Å²) < 4.78 is 53.2. The number of para-hydroxylation sites is 1. The maximum Gasteiger partial charge on any atom is 0.264 e. The largest absolute Gasteiger partial charge is 0.359 e. The van der Waals surface area contributed by atoms with Crippen LogP contribution in [0.5, 0.6) is 0 Å². The molecule has 0 unspecified atom stereocenters. The third kappa shape index (κ3) is 2.47. The molecule has 0 fully saturated rings. The lowest BCUT2D eigenvalue weighted by Gasteiger charge is -2.10. The molecule has 0 atom stereocenters. The number of hydrogen-bond donors (Lipinski definition) is 2. The molecule has 1 aromatic heterocycles. The minimum Gasteiger partial charge on any atom is -0.359 e. The number of aromatic amines is 1. The van der Waals surface area contributed by atoms with Gasteiger partial charge in [-0.2, -0.15) is 0 Å². The normalized spacial score (nSPS) is 11.7. The highest BCUT2D eigenvalue weighted by Gasteiger charge is 2.20. The summed E-state index contributed by atoms with van der Waals surface area (Å²) in [4.78, 5) is 2.30. The summed E-state index contributed by atoms with van der Waals surface area (Å²) in [5, 5.41) is 0.815. The summed E-state index contributed by atoms with van der Waals surface area (Å²) in [7, 11) is -4.14. The number of H-pyrrole nitrogens is 1. The molecule has 0 saturated heterocycles. The van der Waals surface area contributed by atoms with Gasteiger partial charge >= 0.3 is 0 Å². The van der Waals surface area contributed by atoms with Crippen LogP contribution >= 0.6 is 0 Å². The average Bonchev–Trinajstić information content (AvgIpc) is 2.87. The van der Waals surface area contributed by atoms with Crippen LogP contribution in [-0.4, -0.2) is 13.4 Å². The van der Waals surface area contributed by atoms with Crippen molar-refractivity contribution < 1.29 is 17.2 Å². The second kappa shape index (κ2) is 4.85. The number of anilines is 1. The van der Waals surface area contributed by atoms with Crippen LogP contribution in [0.2, 0.25) is 0 Å². The molecule has 0 saturated carbocycles. The molecule has 0 aliphatic carbocycles. The van der Waals surface area contributed by atoms with Crippen LogP contribution in [0.25, 0.3) is 10.9 Å². The van der Waals surface area contributed by atoms with E-state index in [2.05, 4.69) is 9.71 Å². The van der Waals surface area contributed by atoms with Crippen molar-refractivity contribution in [2.24, 2.45) is 0 Å². The first-order valence-corrected chi connectivity index (χ1v) is 7.50. The van der Waals surface area contributed by atoms with Gasteiger partial charge in [0, 0.05) is 17.6 Å². The molecular formula is C14H10F2N2O2S. The Hall–Kier alpha value is -2.41. The van der Waals surface area contributed by atoms with Gasteiger partial charge < -0.3 is 4.98 Å². The van der Waals surface area contributed by atoms with Gasteiger partial charge in [0.05, 0.1) is 11.2 Å². The van der Waals surface area contributed by atoms with Gasteiger partial charge in [0.1, 0.15) is 16.5 Å². The molecule has 108 valence electrons. The Morgan fingerprint density at radius 2 is 1.86 bits per heavy atom. The highest BCUT2D eigenvalue weighted by molar-refractivity contribution is 7.92. The molecule has 4 nitrogen and oxygen atoms in total. The first-order valence-electron chi connectivity index (χ1n) is 6.01. The second-order valence-corrected chi connectivity index (χ2v) is 6.08. The highest BCUT2D eigenvalue weighted by Crippen LogP contribution is 2.25. The van der Waals surface area contributed by atoms with Crippen LogP contribution in [-0.2, 0) is 10.0 Å². The Bertz CT molecular complexity index is 920. The predicted molar refractivity (Wildman–Crippen MR) is 75.5 cm³/mol.